The summed E-state index contributed by atoms with van der Waals surface area (Å²) >= 11 is 0. The molecule has 0 nitrogen and oxygen atoms in total. The van der Waals surface area contributed by atoms with Crippen LogP contribution in [0.2, 0.25) is 0 Å². The first-order chi connectivity index (χ1) is 6.31. The summed E-state index contributed by atoms with van der Waals surface area (Å²) in [6, 6.07) is 0. The van der Waals surface area contributed by atoms with E-state index in [1.54, 1.807) is 0 Å². The highest BCUT2D eigenvalue weighted by molar-refractivity contribution is 5.01. The van der Waals surface area contributed by atoms with Crippen molar-refractivity contribution in [1.82, 2.24) is 0 Å². The fourth-order valence-corrected chi connectivity index (χ4v) is 3.34. The molecule has 0 heterocycles. The number of rotatable bonds is 3. The van der Waals surface area contributed by atoms with Gasteiger partial charge in [0.1, 0.15) is 0 Å². The Morgan fingerprint density at radius 1 is 1.07 bits per heavy atom. The average Bonchev–Trinajstić information content (AvgIpc) is 2.10. The van der Waals surface area contributed by atoms with Crippen LogP contribution in [0.3, 0.4) is 0 Å². The molecule has 1 aliphatic rings. The monoisotopic (exact) mass is 196 g/mol. The Kier molecular flexibility index (Phi) is 3.33. The molecule has 0 spiro atoms. The number of hydrogen-bond donors (Lipinski definition) is 0. The van der Waals surface area contributed by atoms with Gasteiger partial charge in [-0.1, -0.05) is 48.5 Å². The van der Waals surface area contributed by atoms with E-state index in [1.165, 1.54) is 6.42 Å². The number of hydrogen-bond acceptors (Lipinski definition) is 0. The van der Waals surface area contributed by atoms with Crippen molar-refractivity contribution in [2.75, 3.05) is 0 Å². The van der Waals surface area contributed by atoms with Crippen LogP contribution in [0.15, 0.2) is 0 Å². The minimum atomic E-state index is 0.601. The third kappa shape index (κ3) is 1.61. The summed E-state index contributed by atoms with van der Waals surface area (Å²) in [5.41, 5.74) is 0.601. The molecule has 14 heavy (non-hydrogen) atoms. The summed E-state index contributed by atoms with van der Waals surface area (Å²) in [6.07, 6.45) is 1.45. The Balaban J connectivity index is 2.74. The second-order valence-electron chi connectivity index (χ2n) is 6.37. The molecule has 0 bridgehead atoms. The Bertz CT molecular complexity index is 185. The minimum absolute atomic E-state index is 0.601. The van der Waals surface area contributed by atoms with E-state index in [4.69, 9.17) is 0 Å². The first-order valence-corrected chi connectivity index (χ1v) is 6.31. The topological polar surface area (TPSA) is 0 Å². The molecule has 0 amide bonds. The van der Waals surface area contributed by atoms with Gasteiger partial charge in [0.2, 0.25) is 0 Å². The Morgan fingerprint density at radius 3 is 1.86 bits per heavy atom. The molecule has 0 aliphatic heterocycles. The summed E-state index contributed by atoms with van der Waals surface area (Å²) in [5, 5.41) is 0. The van der Waals surface area contributed by atoms with Crippen LogP contribution in [0.25, 0.3) is 0 Å². The molecular weight excluding hydrogens is 168 g/mol. The van der Waals surface area contributed by atoms with Gasteiger partial charge in [-0.3, -0.25) is 0 Å². The lowest BCUT2D eigenvalue weighted by molar-refractivity contribution is -0.104. The maximum absolute atomic E-state index is 2.51. The zero-order valence-electron chi connectivity index (χ0n) is 11.1. The van der Waals surface area contributed by atoms with Crippen LogP contribution >= 0.6 is 0 Å². The first kappa shape index (κ1) is 12.1. The SMILES string of the molecule is CC(C)C(C)C1CC(C)C1(C)C(C)C. The molecule has 0 aromatic rings. The Hall–Kier alpha value is 0. The van der Waals surface area contributed by atoms with E-state index >= 15 is 0 Å². The van der Waals surface area contributed by atoms with Crippen molar-refractivity contribution in [1.29, 1.82) is 0 Å². The summed E-state index contributed by atoms with van der Waals surface area (Å²) in [5.74, 6) is 4.44. The fourth-order valence-electron chi connectivity index (χ4n) is 3.34. The van der Waals surface area contributed by atoms with Gasteiger partial charge in [-0.05, 0) is 41.4 Å². The minimum Gasteiger partial charge on any atom is -0.0625 e. The first-order valence-electron chi connectivity index (χ1n) is 6.31. The lowest BCUT2D eigenvalue weighted by Gasteiger charge is -2.59. The zero-order valence-corrected chi connectivity index (χ0v) is 11.1. The molecule has 1 saturated carbocycles. The molecular formula is C14H28. The largest absolute Gasteiger partial charge is 0.0625 e. The van der Waals surface area contributed by atoms with Gasteiger partial charge in [-0.15, -0.1) is 0 Å². The third-order valence-corrected chi connectivity index (χ3v) is 5.40. The Morgan fingerprint density at radius 2 is 1.57 bits per heavy atom. The van der Waals surface area contributed by atoms with Crippen molar-refractivity contribution in [3.8, 4) is 0 Å². The van der Waals surface area contributed by atoms with Crippen LogP contribution in [0.5, 0.6) is 0 Å². The van der Waals surface area contributed by atoms with Gasteiger partial charge >= 0.3 is 0 Å². The predicted molar refractivity (Wildman–Crippen MR) is 64.2 cm³/mol. The molecule has 0 aromatic carbocycles. The molecule has 0 radical (unpaired) electrons. The van der Waals surface area contributed by atoms with E-state index in [9.17, 15) is 0 Å². The van der Waals surface area contributed by atoms with Crippen LogP contribution in [-0.4, -0.2) is 0 Å². The molecule has 1 fully saturated rings. The van der Waals surface area contributed by atoms with Crippen molar-refractivity contribution >= 4 is 0 Å². The van der Waals surface area contributed by atoms with Gasteiger partial charge in [-0.25, -0.2) is 0 Å². The third-order valence-electron chi connectivity index (χ3n) is 5.40. The molecule has 0 N–H and O–H groups in total. The molecule has 1 rings (SSSR count). The van der Waals surface area contributed by atoms with Crippen molar-refractivity contribution in [2.45, 2.75) is 54.9 Å². The van der Waals surface area contributed by atoms with E-state index < -0.39 is 0 Å². The molecule has 4 atom stereocenters. The van der Waals surface area contributed by atoms with E-state index in [0.29, 0.717) is 5.41 Å². The molecule has 4 unspecified atom stereocenters. The van der Waals surface area contributed by atoms with Crippen LogP contribution in [0.1, 0.15) is 54.9 Å². The van der Waals surface area contributed by atoms with Gasteiger partial charge in [0.15, 0.2) is 0 Å². The van der Waals surface area contributed by atoms with Gasteiger partial charge in [-0.2, -0.15) is 0 Å². The van der Waals surface area contributed by atoms with Gasteiger partial charge in [0.05, 0.1) is 0 Å². The standard InChI is InChI=1S/C14H28/c1-9(2)12(6)13-8-11(5)14(13,7)10(3)4/h9-13H,8H2,1-7H3. The van der Waals surface area contributed by atoms with Crippen molar-refractivity contribution < 1.29 is 0 Å². The summed E-state index contributed by atoms with van der Waals surface area (Å²) < 4.78 is 0. The molecule has 1 aliphatic carbocycles. The Labute approximate surface area is 90.5 Å². The smallest absolute Gasteiger partial charge is 0.0246 e. The van der Waals surface area contributed by atoms with E-state index in [1.807, 2.05) is 0 Å². The second kappa shape index (κ2) is 3.87. The summed E-state index contributed by atoms with van der Waals surface area (Å²) in [6.45, 7) is 16.9. The molecule has 84 valence electrons. The van der Waals surface area contributed by atoms with E-state index in [-0.39, 0.29) is 0 Å². The highest BCUT2D eigenvalue weighted by atomic mass is 14.6. The second-order valence-corrected chi connectivity index (χ2v) is 6.37. The fraction of sp³-hybridized carbons (Fsp3) is 1.00. The predicted octanol–water partition coefficient (Wildman–Crippen LogP) is 4.60. The van der Waals surface area contributed by atoms with Crippen LogP contribution < -0.4 is 0 Å². The van der Waals surface area contributed by atoms with Crippen LogP contribution in [0, 0.1) is 35.0 Å². The molecule has 0 aromatic heterocycles. The summed E-state index contributed by atoms with van der Waals surface area (Å²) in [4.78, 5) is 0. The van der Waals surface area contributed by atoms with Crippen molar-refractivity contribution in [3.05, 3.63) is 0 Å². The normalized spacial score (nSPS) is 40.1. The average molecular weight is 196 g/mol. The highest BCUT2D eigenvalue weighted by Gasteiger charge is 2.52. The van der Waals surface area contributed by atoms with Crippen molar-refractivity contribution in [3.63, 3.8) is 0 Å². The lowest BCUT2D eigenvalue weighted by atomic mass is 9.46. The van der Waals surface area contributed by atoms with Crippen LogP contribution in [-0.2, 0) is 0 Å². The van der Waals surface area contributed by atoms with E-state index in [2.05, 4.69) is 48.5 Å². The lowest BCUT2D eigenvalue weighted by Crippen LogP contribution is -2.52. The zero-order chi connectivity index (χ0) is 11.1. The van der Waals surface area contributed by atoms with Gasteiger partial charge in [0.25, 0.3) is 0 Å². The summed E-state index contributed by atoms with van der Waals surface area (Å²) in [7, 11) is 0. The van der Waals surface area contributed by atoms with Crippen LogP contribution in [0.4, 0.5) is 0 Å². The molecule has 0 saturated heterocycles. The van der Waals surface area contributed by atoms with Crippen molar-refractivity contribution in [2.24, 2.45) is 35.0 Å². The maximum Gasteiger partial charge on any atom is -0.0246 e. The highest BCUT2D eigenvalue weighted by Crippen LogP contribution is 2.59. The molecule has 0 heteroatoms. The van der Waals surface area contributed by atoms with Gasteiger partial charge in [0, 0.05) is 0 Å². The van der Waals surface area contributed by atoms with E-state index in [0.717, 1.165) is 29.6 Å². The maximum atomic E-state index is 2.51. The van der Waals surface area contributed by atoms with Gasteiger partial charge < -0.3 is 0 Å². The quantitative estimate of drug-likeness (QED) is 0.619.